The molecule has 156 valence electrons. The summed E-state index contributed by atoms with van der Waals surface area (Å²) >= 11 is 0. The Morgan fingerprint density at radius 2 is 1.93 bits per heavy atom. The molecule has 2 aliphatic heterocycles. The highest BCUT2D eigenvalue weighted by Gasteiger charge is 2.33. The Hall–Kier alpha value is -1.50. The first-order valence-electron chi connectivity index (χ1n) is 10.6. The Morgan fingerprint density at radius 1 is 1.21 bits per heavy atom. The Kier molecular flexibility index (Phi) is 7.43. The Morgan fingerprint density at radius 3 is 2.61 bits per heavy atom. The fraction of sp³-hybridized carbons (Fsp3) is 0.727. The smallest absolute Gasteiger partial charge is 0.224 e. The van der Waals surface area contributed by atoms with Crippen LogP contribution in [0.2, 0.25) is 0 Å². The first kappa shape index (κ1) is 21.2. The molecule has 2 saturated heterocycles. The molecule has 0 aliphatic carbocycles. The normalized spacial score (nSPS) is 22.9. The number of ether oxygens (including phenoxy) is 1. The molecule has 1 amide bonds. The Bertz CT molecular complexity index is 614. The number of nitrogens with one attached hydrogen (secondary N) is 1. The average molecular weight is 389 g/mol. The van der Waals surface area contributed by atoms with Crippen LogP contribution in [0.5, 0.6) is 0 Å². The molecule has 3 rings (SSSR count). The molecule has 1 aromatic rings. The van der Waals surface area contributed by atoms with Crippen molar-refractivity contribution in [2.75, 3.05) is 39.9 Å². The van der Waals surface area contributed by atoms with Crippen LogP contribution >= 0.6 is 0 Å². The largest absolute Gasteiger partial charge is 0.382 e. The second-order valence-corrected chi connectivity index (χ2v) is 9.00. The third kappa shape index (κ3) is 6.00. The zero-order valence-corrected chi connectivity index (χ0v) is 17.7. The van der Waals surface area contributed by atoms with Crippen LogP contribution in [0, 0.1) is 5.92 Å². The van der Waals surface area contributed by atoms with Gasteiger partial charge in [0.1, 0.15) is 0 Å². The third-order valence-electron chi connectivity index (χ3n) is 6.02. The number of hydrogen-bond acceptors (Lipinski definition) is 5. The second-order valence-electron chi connectivity index (χ2n) is 9.00. The maximum Gasteiger partial charge on any atom is 0.224 e. The number of rotatable bonds is 7. The molecule has 1 aromatic heterocycles. The van der Waals surface area contributed by atoms with Gasteiger partial charge in [-0.1, -0.05) is 0 Å². The van der Waals surface area contributed by atoms with Gasteiger partial charge in [0, 0.05) is 38.6 Å². The Balaban J connectivity index is 1.46. The zero-order valence-electron chi connectivity index (χ0n) is 17.7. The highest BCUT2D eigenvalue weighted by atomic mass is 16.5. The number of carbonyl (C=O) groups is 1. The number of aromatic nitrogens is 1. The number of methoxy groups -OCH3 is 1. The summed E-state index contributed by atoms with van der Waals surface area (Å²) in [7, 11) is 1.68. The van der Waals surface area contributed by atoms with E-state index in [-0.39, 0.29) is 17.4 Å². The number of carbonyl (C=O) groups excluding carboxylic acids is 1. The molecule has 0 bridgehead atoms. The minimum atomic E-state index is -0.313. The first-order valence-corrected chi connectivity index (χ1v) is 10.6. The minimum absolute atomic E-state index is 0.0970. The molecule has 3 heterocycles. The van der Waals surface area contributed by atoms with Crippen molar-refractivity contribution >= 4 is 5.91 Å². The summed E-state index contributed by atoms with van der Waals surface area (Å²) in [5, 5.41) is 3.18. The van der Waals surface area contributed by atoms with Crippen LogP contribution in [0.3, 0.4) is 0 Å². The summed E-state index contributed by atoms with van der Waals surface area (Å²) in [6, 6.07) is 4.81. The lowest BCUT2D eigenvalue weighted by molar-refractivity contribution is -0.129. The summed E-state index contributed by atoms with van der Waals surface area (Å²) in [6.07, 6.45) is 8.22. The molecule has 2 aliphatic rings. The van der Waals surface area contributed by atoms with Crippen LogP contribution in [0.25, 0.3) is 0 Å². The lowest BCUT2D eigenvalue weighted by atomic mass is 9.92. The van der Waals surface area contributed by atoms with E-state index in [0.717, 1.165) is 45.6 Å². The molecule has 2 fully saturated rings. The van der Waals surface area contributed by atoms with Gasteiger partial charge in [-0.05, 0) is 76.9 Å². The maximum atomic E-state index is 12.8. The van der Waals surface area contributed by atoms with Gasteiger partial charge in [0.15, 0.2) is 0 Å². The van der Waals surface area contributed by atoms with Crippen molar-refractivity contribution in [3.63, 3.8) is 0 Å². The SMILES string of the molecule is COCC(C)(C)NC(=O)[C@H]1CCCN(C2CCN(Cc3ccncc3)CC2)C1. The van der Waals surface area contributed by atoms with Crippen LogP contribution in [0.4, 0.5) is 0 Å². The fourth-order valence-electron chi connectivity index (χ4n) is 4.57. The van der Waals surface area contributed by atoms with Gasteiger partial charge in [-0.25, -0.2) is 0 Å². The highest BCUT2D eigenvalue weighted by molar-refractivity contribution is 5.79. The van der Waals surface area contributed by atoms with E-state index in [1.807, 2.05) is 26.2 Å². The zero-order chi connectivity index (χ0) is 20.0. The van der Waals surface area contributed by atoms with Crippen LogP contribution in [-0.2, 0) is 16.1 Å². The lowest BCUT2D eigenvalue weighted by Crippen LogP contribution is -2.54. The quantitative estimate of drug-likeness (QED) is 0.777. The molecule has 0 spiro atoms. The van der Waals surface area contributed by atoms with Gasteiger partial charge in [-0.2, -0.15) is 0 Å². The molecule has 0 aromatic carbocycles. The number of piperidine rings is 2. The van der Waals surface area contributed by atoms with Gasteiger partial charge >= 0.3 is 0 Å². The molecule has 6 heteroatoms. The standard InChI is InChI=1S/C22H36N4O2/c1-22(2,17-28-3)24-21(27)19-5-4-12-26(16-19)20-8-13-25(14-9-20)15-18-6-10-23-11-7-18/h6-7,10-11,19-20H,4-5,8-9,12-17H2,1-3H3,(H,24,27)/t19-/m0/s1. The van der Waals surface area contributed by atoms with Crippen molar-refractivity contribution in [3.8, 4) is 0 Å². The van der Waals surface area contributed by atoms with Gasteiger partial charge in [-0.3, -0.25) is 19.6 Å². The first-order chi connectivity index (χ1) is 13.5. The number of amides is 1. The lowest BCUT2D eigenvalue weighted by Gasteiger charge is -2.42. The van der Waals surface area contributed by atoms with Crippen molar-refractivity contribution in [1.82, 2.24) is 20.1 Å². The van der Waals surface area contributed by atoms with Crippen LogP contribution in [0.15, 0.2) is 24.5 Å². The van der Waals surface area contributed by atoms with E-state index >= 15 is 0 Å². The minimum Gasteiger partial charge on any atom is -0.382 e. The molecule has 0 saturated carbocycles. The third-order valence-corrected chi connectivity index (χ3v) is 6.02. The predicted octanol–water partition coefficient (Wildman–Crippen LogP) is 2.30. The maximum absolute atomic E-state index is 12.8. The number of likely N-dealkylation sites (tertiary alicyclic amines) is 2. The highest BCUT2D eigenvalue weighted by Crippen LogP contribution is 2.25. The van der Waals surface area contributed by atoms with Crippen molar-refractivity contribution < 1.29 is 9.53 Å². The van der Waals surface area contributed by atoms with E-state index in [1.165, 1.54) is 18.4 Å². The summed E-state index contributed by atoms with van der Waals surface area (Å²) < 4.78 is 5.23. The molecule has 28 heavy (non-hydrogen) atoms. The summed E-state index contributed by atoms with van der Waals surface area (Å²) in [5.74, 6) is 0.279. The van der Waals surface area contributed by atoms with Crippen LogP contribution in [0.1, 0.15) is 45.1 Å². The van der Waals surface area contributed by atoms with E-state index in [0.29, 0.717) is 12.6 Å². The van der Waals surface area contributed by atoms with Crippen molar-refractivity contribution in [2.45, 2.75) is 57.7 Å². The second kappa shape index (κ2) is 9.81. The molecule has 1 N–H and O–H groups in total. The molecule has 1 atom stereocenters. The molecular formula is C22H36N4O2. The summed E-state index contributed by atoms with van der Waals surface area (Å²) in [6.45, 7) is 9.85. The van der Waals surface area contributed by atoms with Gasteiger partial charge in [0.05, 0.1) is 18.1 Å². The van der Waals surface area contributed by atoms with E-state index in [2.05, 4.69) is 32.2 Å². The average Bonchev–Trinajstić information content (AvgIpc) is 2.69. The van der Waals surface area contributed by atoms with E-state index < -0.39 is 0 Å². The van der Waals surface area contributed by atoms with Gasteiger partial charge in [0.2, 0.25) is 5.91 Å². The Labute approximate surface area is 169 Å². The molecular weight excluding hydrogens is 352 g/mol. The topological polar surface area (TPSA) is 57.7 Å². The van der Waals surface area contributed by atoms with E-state index in [4.69, 9.17) is 4.74 Å². The monoisotopic (exact) mass is 388 g/mol. The van der Waals surface area contributed by atoms with Gasteiger partial charge < -0.3 is 10.1 Å². The number of nitrogens with zero attached hydrogens (tertiary/aromatic N) is 3. The van der Waals surface area contributed by atoms with Gasteiger partial charge in [-0.15, -0.1) is 0 Å². The van der Waals surface area contributed by atoms with Crippen molar-refractivity contribution in [1.29, 1.82) is 0 Å². The summed E-state index contributed by atoms with van der Waals surface area (Å²) in [5.41, 5.74) is 1.02. The molecule has 0 radical (unpaired) electrons. The van der Waals surface area contributed by atoms with Gasteiger partial charge in [0.25, 0.3) is 0 Å². The predicted molar refractivity (Wildman–Crippen MR) is 111 cm³/mol. The summed E-state index contributed by atoms with van der Waals surface area (Å²) in [4.78, 5) is 22.0. The fourth-order valence-corrected chi connectivity index (χ4v) is 4.57. The molecule has 6 nitrogen and oxygen atoms in total. The number of hydrogen-bond donors (Lipinski definition) is 1. The van der Waals surface area contributed by atoms with Crippen LogP contribution < -0.4 is 5.32 Å². The van der Waals surface area contributed by atoms with E-state index in [1.54, 1.807) is 7.11 Å². The van der Waals surface area contributed by atoms with Crippen molar-refractivity contribution in [3.05, 3.63) is 30.1 Å². The van der Waals surface area contributed by atoms with E-state index in [9.17, 15) is 4.79 Å². The van der Waals surface area contributed by atoms with Crippen molar-refractivity contribution in [2.24, 2.45) is 5.92 Å². The molecule has 0 unspecified atom stereocenters. The van der Waals surface area contributed by atoms with Crippen LogP contribution in [-0.4, -0.2) is 72.2 Å². The number of pyridine rings is 1.